The van der Waals surface area contributed by atoms with E-state index in [4.69, 9.17) is 9.47 Å². The fourth-order valence-electron chi connectivity index (χ4n) is 6.12. The van der Waals surface area contributed by atoms with Crippen LogP contribution in [-0.2, 0) is 33.9 Å². The highest BCUT2D eigenvalue weighted by molar-refractivity contribution is 7.89. The topological polar surface area (TPSA) is 241 Å². The van der Waals surface area contributed by atoms with E-state index in [1.54, 1.807) is 5.38 Å². The largest absolute Gasteiger partial charge is 0.492 e. The number of nitrogens with one attached hydrogen (secondary N) is 4. The molecule has 4 N–H and O–H groups in total. The molecule has 20 heteroatoms. The summed E-state index contributed by atoms with van der Waals surface area (Å²) in [7, 11) is -3.62. The average molecular weight is 834 g/mol. The molecule has 0 radical (unpaired) electrons. The van der Waals surface area contributed by atoms with Crippen LogP contribution in [-0.4, -0.2) is 108 Å². The molecule has 7 amide bonds. The van der Waals surface area contributed by atoms with Crippen LogP contribution < -0.4 is 26.0 Å². The molecule has 1 saturated heterocycles. The van der Waals surface area contributed by atoms with Crippen molar-refractivity contribution in [2.24, 2.45) is 0 Å². The summed E-state index contributed by atoms with van der Waals surface area (Å²) in [4.78, 5) is 93.9. The van der Waals surface area contributed by atoms with Crippen molar-refractivity contribution >= 4 is 67.8 Å². The molecule has 6 rings (SSSR count). The number of amides is 7. The summed E-state index contributed by atoms with van der Waals surface area (Å²) in [6.07, 6.45) is 3.96. The summed E-state index contributed by atoms with van der Waals surface area (Å²) in [5.74, 6) is -3.65. The number of hydrogen-bond donors (Lipinski definition) is 4. The van der Waals surface area contributed by atoms with Crippen molar-refractivity contribution < 1.29 is 51.5 Å². The Balaban J connectivity index is 0.927. The van der Waals surface area contributed by atoms with Crippen molar-refractivity contribution in [3.8, 4) is 17.0 Å². The maximum absolute atomic E-state index is 13.4. The van der Waals surface area contributed by atoms with E-state index >= 15 is 0 Å². The van der Waals surface area contributed by atoms with Crippen molar-refractivity contribution in [1.29, 1.82) is 0 Å². The highest BCUT2D eigenvalue weighted by atomic mass is 32.2. The summed E-state index contributed by atoms with van der Waals surface area (Å²) in [5.41, 5.74) is 1.77. The van der Waals surface area contributed by atoms with E-state index in [2.05, 4.69) is 26.3 Å². The van der Waals surface area contributed by atoms with Crippen LogP contribution in [0, 0.1) is 0 Å². The second kappa shape index (κ2) is 18.3. The lowest BCUT2D eigenvalue weighted by Gasteiger charge is -2.27. The first-order chi connectivity index (χ1) is 27.8. The average Bonchev–Trinajstić information content (AvgIpc) is 3.94. The molecule has 4 aromatic rings. The minimum Gasteiger partial charge on any atom is -0.492 e. The molecule has 2 atom stereocenters. The normalized spacial score (nSPS) is 15.7. The minimum atomic E-state index is -3.62. The maximum atomic E-state index is 13.4. The molecule has 1 unspecified atom stereocenters. The Bertz CT molecular complexity index is 2340. The summed E-state index contributed by atoms with van der Waals surface area (Å²) >= 11 is 1.22. The number of fused-ring (bicyclic) bond motifs is 1. The number of carbonyl (C=O) groups excluding carboxylic acids is 7. The number of anilines is 1. The maximum Gasteiger partial charge on any atom is 0.262 e. The van der Waals surface area contributed by atoms with Crippen LogP contribution in [0.1, 0.15) is 63.2 Å². The smallest absolute Gasteiger partial charge is 0.262 e. The molecule has 2 aromatic heterocycles. The second-order valence-corrected chi connectivity index (χ2v) is 16.0. The van der Waals surface area contributed by atoms with E-state index in [0.29, 0.717) is 17.2 Å². The highest BCUT2D eigenvalue weighted by Crippen LogP contribution is 2.30. The predicted molar refractivity (Wildman–Crippen MR) is 208 cm³/mol. The van der Waals surface area contributed by atoms with Crippen LogP contribution in [0.2, 0.25) is 0 Å². The molecule has 304 valence electrons. The van der Waals surface area contributed by atoms with E-state index in [1.165, 1.54) is 41.8 Å². The highest BCUT2D eigenvalue weighted by Gasteiger charge is 2.44. The van der Waals surface area contributed by atoms with Gasteiger partial charge in [0.15, 0.2) is 5.13 Å². The molecule has 2 aromatic carbocycles. The van der Waals surface area contributed by atoms with E-state index in [-0.39, 0.29) is 80.4 Å². The number of aromatic nitrogens is 2. The van der Waals surface area contributed by atoms with Crippen molar-refractivity contribution in [2.45, 2.75) is 44.2 Å². The van der Waals surface area contributed by atoms with E-state index < -0.39 is 57.6 Å². The van der Waals surface area contributed by atoms with Crippen LogP contribution >= 0.6 is 11.3 Å². The van der Waals surface area contributed by atoms with E-state index in [9.17, 15) is 42.0 Å². The van der Waals surface area contributed by atoms with Crippen molar-refractivity contribution in [3.63, 3.8) is 0 Å². The Kier molecular flexibility index (Phi) is 13.1. The zero-order chi connectivity index (χ0) is 41.4. The first-order valence-electron chi connectivity index (χ1n) is 18.1. The number of rotatable bonds is 18. The first kappa shape index (κ1) is 41.4. The SMILES string of the molecule is CS(=O)(=O)n1ccc(C(=O)N[C@@H](CCOCCCC(=O)NCCOc2ccc3c(c2)C(=O)N(C2CCC(=O)NC2=O)C3=O)C(=O)Nc2nc(-c3ccccc3)cs2)c1. The third kappa shape index (κ3) is 10.2. The summed E-state index contributed by atoms with van der Waals surface area (Å²) in [5, 5.41) is 12.4. The van der Waals surface area contributed by atoms with Gasteiger partial charge in [0.1, 0.15) is 24.4 Å². The Morgan fingerprint density at radius 3 is 2.52 bits per heavy atom. The molecule has 18 nitrogen and oxygen atoms in total. The van der Waals surface area contributed by atoms with Gasteiger partial charge in [0.05, 0.1) is 35.2 Å². The Morgan fingerprint density at radius 1 is 1.00 bits per heavy atom. The third-order valence-electron chi connectivity index (χ3n) is 9.09. The Hall–Kier alpha value is -6.25. The van der Waals surface area contributed by atoms with Gasteiger partial charge < -0.3 is 25.4 Å². The number of benzene rings is 2. The Labute approximate surface area is 336 Å². The molecule has 0 bridgehead atoms. The van der Waals surface area contributed by atoms with Gasteiger partial charge in [-0.05, 0) is 43.5 Å². The van der Waals surface area contributed by atoms with Gasteiger partial charge in [-0.3, -0.25) is 47.8 Å². The van der Waals surface area contributed by atoms with Gasteiger partial charge in [-0.25, -0.2) is 13.4 Å². The summed E-state index contributed by atoms with van der Waals surface area (Å²) in [6, 6.07) is 12.9. The summed E-state index contributed by atoms with van der Waals surface area (Å²) in [6.45, 7) is 0.421. The number of thiazole rings is 1. The van der Waals surface area contributed by atoms with Gasteiger partial charge in [0.25, 0.3) is 17.7 Å². The minimum absolute atomic E-state index is 0.0134. The van der Waals surface area contributed by atoms with E-state index in [1.807, 2.05) is 30.3 Å². The predicted octanol–water partition coefficient (Wildman–Crippen LogP) is 1.94. The lowest BCUT2D eigenvalue weighted by Crippen LogP contribution is -2.54. The van der Waals surface area contributed by atoms with Crippen LogP contribution in [0.25, 0.3) is 11.3 Å². The zero-order valence-corrected chi connectivity index (χ0v) is 32.7. The zero-order valence-electron chi connectivity index (χ0n) is 31.1. The molecule has 0 spiro atoms. The standard InChI is InChI=1S/C38H39N7O11S2/c1-58(53,54)44-16-13-24(21-44)33(48)40-28(34(49)43-38-41-29(22-57-38)23-6-3-2-4-7-23)14-18-55-17-5-8-31(46)39-15-19-56-25-9-10-26-27(20-25)37(52)45(36(26)51)30-11-12-32(47)42-35(30)50/h2-4,6-7,9-10,13,16,20-22,28,30H,5,8,11-12,14-15,17-19H2,1H3,(H,39,46)(H,40,48)(H,41,43,49)(H,42,47,50)/t28-,30?/m0/s1. The molecule has 4 heterocycles. The number of imide groups is 2. The fourth-order valence-corrected chi connectivity index (χ4v) is 7.43. The van der Waals surface area contributed by atoms with Crippen molar-refractivity contribution in [3.05, 3.63) is 89.1 Å². The van der Waals surface area contributed by atoms with Crippen LogP contribution in [0.5, 0.6) is 5.75 Å². The van der Waals surface area contributed by atoms with Gasteiger partial charge in [0, 0.05) is 49.4 Å². The molecule has 0 saturated carbocycles. The second-order valence-electron chi connectivity index (χ2n) is 13.3. The number of ether oxygens (including phenoxy) is 2. The fraction of sp³-hybridized carbons (Fsp3) is 0.316. The number of piperidine rings is 1. The van der Waals surface area contributed by atoms with E-state index in [0.717, 1.165) is 26.9 Å². The lowest BCUT2D eigenvalue weighted by atomic mass is 10.0. The quantitative estimate of drug-likeness (QED) is 0.0831. The molecule has 2 aliphatic rings. The van der Waals surface area contributed by atoms with Gasteiger partial charge in [0.2, 0.25) is 33.7 Å². The van der Waals surface area contributed by atoms with Crippen LogP contribution in [0.3, 0.4) is 0 Å². The molecule has 58 heavy (non-hydrogen) atoms. The number of hydrogen-bond acceptors (Lipinski definition) is 13. The molecular weight excluding hydrogens is 795 g/mol. The molecule has 1 fully saturated rings. The monoisotopic (exact) mass is 833 g/mol. The van der Waals surface area contributed by atoms with Crippen LogP contribution in [0.15, 0.2) is 72.4 Å². The van der Waals surface area contributed by atoms with Gasteiger partial charge >= 0.3 is 0 Å². The van der Waals surface area contributed by atoms with Crippen molar-refractivity contribution in [1.82, 2.24) is 29.8 Å². The molecular formula is C38H39N7O11S2. The van der Waals surface area contributed by atoms with Crippen molar-refractivity contribution in [2.75, 3.05) is 37.9 Å². The first-order valence-corrected chi connectivity index (χ1v) is 20.9. The number of carbonyl (C=O) groups is 7. The Morgan fingerprint density at radius 2 is 1.78 bits per heavy atom. The van der Waals surface area contributed by atoms with Gasteiger partial charge in [-0.15, -0.1) is 11.3 Å². The van der Waals surface area contributed by atoms with Gasteiger partial charge in [-0.2, -0.15) is 0 Å². The van der Waals surface area contributed by atoms with Crippen LogP contribution in [0.4, 0.5) is 5.13 Å². The van der Waals surface area contributed by atoms with Gasteiger partial charge in [-0.1, -0.05) is 30.3 Å². The third-order valence-corrected chi connectivity index (χ3v) is 10.8. The molecule has 0 aliphatic carbocycles. The lowest BCUT2D eigenvalue weighted by molar-refractivity contribution is -0.136. The summed E-state index contributed by atoms with van der Waals surface area (Å²) < 4.78 is 36.0. The number of nitrogens with zero attached hydrogens (tertiary/aromatic N) is 3. The molecule has 2 aliphatic heterocycles.